The maximum Gasteiger partial charge on any atom is 0.336 e. The van der Waals surface area contributed by atoms with E-state index in [4.69, 9.17) is 20.4 Å². The van der Waals surface area contributed by atoms with Crippen molar-refractivity contribution in [2.24, 2.45) is 0 Å². The highest BCUT2D eigenvalue weighted by atomic mass is 16.4. The Bertz CT molecular complexity index is 647. The first-order valence-electron chi connectivity index (χ1n) is 6.61. The summed E-state index contributed by atoms with van der Waals surface area (Å²) in [6, 6.07) is 2.81. The van der Waals surface area contributed by atoms with E-state index in [2.05, 4.69) is 0 Å². The summed E-state index contributed by atoms with van der Waals surface area (Å²) < 4.78 is 0. The minimum absolute atomic E-state index is 0.0521. The monoisotopic (exact) mass is 340 g/mol. The van der Waals surface area contributed by atoms with Crippen molar-refractivity contribution in [2.75, 3.05) is 0 Å². The van der Waals surface area contributed by atoms with E-state index in [0.717, 1.165) is 18.2 Å². The molecule has 9 heteroatoms. The van der Waals surface area contributed by atoms with E-state index < -0.39 is 35.0 Å². The number of benzene rings is 1. The second-order valence-corrected chi connectivity index (χ2v) is 4.63. The molecule has 130 valence electrons. The first-order valence-corrected chi connectivity index (χ1v) is 6.61. The number of Topliss-reactive ketones (excluding diaryl/α,β-unsaturated/α-hetero) is 1. The minimum atomic E-state index is -1.48. The summed E-state index contributed by atoms with van der Waals surface area (Å²) >= 11 is 0. The predicted molar refractivity (Wildman–Crippen MR) is 79.5 cm³/mol. The summed E-state index contributed by atoms with van der Waals surface area (Å²) in [6.07, 6.45) is 0.941. The first-order chi connectivity index (χ1) is 11.1. The highest BCUT2D eigenvalue weighted by Crippen LogP contribution is 2.12. The smallest absolute Gasteiger partial charge is 0.336 e. The number of hydrogen-bond acceptors (Lipinski definition) is 5. The van der Waals surface area contributed by atoms with Crippen LogP contribution in [0.1, 0.15) is 57.3 Å². The molecule has 0 aliphatic rings. The first kappa shape index (κ1) is 20.8. The Kier molecular flexibility index (Phi) is 8.41. The Balaban J connectivity index is 0.000000506. The van der Waals surface area contributed by atoms with E-state index in [0.29, 0.717) is 12.8 Å². The van der Waals surface area contributed by atoms with Gasteiger partial charge in [-0.3, -0.25) is 4.79 Å². The molecular formula is C15H16O9. The third kappa shape index (κ3) is 7.69. The normalized spacial score (nSPS) is 9.38. The molecule has 0 atom stereocenters. The number of carboxylic acid groups (broad SMARTS) is 4. The molecule has 24 heavy (non-hydrogen) atoms. The molecule has 0 aliphatic heterocycles. The van der Waals surface area contributed by atoms with Gasteiger partial charge in [0, 0.05) is 12.8 Å². The number of ketones is 1. The molecule has 0 saturated heterocycles. The van der Waals surface area contributed by atoms with Crippen molar-refractivity contribution < 1.29 is 44.4 Å². The molecule has 0 amide bonds. The van der Waals surface area contributed by atoms with Crippen LogP contribution in [0.2, 0.25) is 0 Å². The molecule has 1 aromatic rings. The topological polar surface area (TPSA) is 166 Å². The Morgan fingerprint density at radius 1 is 0.792 bits per heavy atom. The molecule has 0 aliphatic carbocycles. The number of carboxylic acids is 4. The van der Waals surface area contributed by atoms with Crippen LogP contribution in [-0.2, 0) is 9.59 Å². The molecule has 0 heterocycles. The van der Waals surface area contributed by atoms with Crippen LogP contribution in [0.5, 0.6) is 0 Å². The van der Waals surface area contributed by atoms with E-state index in [9.17, 15) is 24.0 Å². The highest BCUT2D eigenvalue weighted by Gasteiger charge is 2.17. The molecular weight excluding hydrogens is 324 g/mol. The van der Waals surface area contributed by atoms with Crippen LogP contribution in [0.4, 0.5) is 0 Å². The summed E-state index contributed by atoms with van der Waals surface area (Å²) in [5, 5.41) is 34.0. The second kappa shape index (κ2) is 9.72. The summed E-state index contributed by atoms with van der Waals surface area (Å²) in [4.78, 5) is 51.9. The van der Waals surface area contributed by atoms with Gasteiger partial charge < -0.3 is 25.2 Å². The van der Waals surface area contributed by atoms with Crippen LogP contribution in [0.15, 0.2) is 18.2 Å². The van der Waals surface area contributed by atoms with Crippen molar-refractivity contribution in [3.8, 4) is 0 Å². The largest absolute Gasteiger partial charge is 0.481 e. The summed E-state index contributed by atoms with van der Waals surface area (Å²) in [6.45, 7) is 1.46. The van der Waals surface area contributed by atoms with Crippen LogP contribution in [0.3, 0.4) is 0 Å². The number of carbonyl (C=O) groups excluding carboxylic acids is 1. The van der Waals surface area contributed by atoms with Gasteiger partial charge in [-0.05, 0) is 31.5 Å². The zero-order valence-electron chi connectivity index (χ0n) is 12.7. The van der Waals surface area contributed by atoms with Crippen LogP contribution < -0.4 is 0 Å². The maximum absolute atomic E-state index is 10.6. The van der Waals surface area contributed by atoms with E-state index >= 15 is 0 Å². The lowest BCUT2D eigenvalue weighted by molar-refractivity contribution is -0.137. The number of aliphatic carboxylic acids is 1. The van der Waals surface area contributed by atoms with Crippen LogP contribution in [0.25, 0.3) is 0 Å². The fourth-order valence-corrected chi connectivity index (χ4v) is 1.53. The van der Waals surface area contributed by atoms with Gasteiger partial charge in [0.05, 0.1) is 16.7 Å². The van der Waals surface area contributed by atoms with Gasteiger partial charge >= 0.3 is 23.9 Å². The van der Waals surface area contributed by atoms with Crippen molar-refractivity contribution in [1.82, 2.24) is 0 Å². The van der Waals surface area contributed by atoms with Gasteiger partial charge in [-0.25, -0.2) is 14.4 Å². The molecule has 0 fully saturated rings. The number of carbonyl (C=O) groups is 5. The molecule has 0 bridgehead atoms. The zero-order chi connectivity index (χ0) is 18.9. The van der Waals surface area contributed by atoms with Crippen LogP contribution in [0, 0.1) is 0 Å². The number of aromatic carboxylic acids is 3. The predicted octanol–water partition coefficient (Wildman–Crippen LogP) is 1.61. The van der Waals surface area contributed by atoms with Gasteiger partial charge in [0.15, 0.2) is 0 Å². The average molecular weight is 340 g/mol. The lowest BCUT2D eigenvalue weighted by atomic mass is 10.0. The summed E-state index contributed by atoms with van der Waals surface area (Å²) in [7, 11) is 0. The van der Waals surface area contributed by atoms with E-state index in [1.165, 1.54) is 6.92 Å². The van der Waals surface area contributed by atoms with Crippen LogP contribution >= 0.6 is 0 Å². The summed E-state index contributed by atoms with van der Waals surface area (Å²) in [5.74, 6) is -4.98. The minimum Gasteiger partial charge on any atom is -0.481 e. The van der Waals surface area contributed by atoms with Crippen molar-refractivity contribution in [2.45, 2.75) is 26.2 Å². The number of hydrogen-bond donors (Lipinski definition) is 4. The molecule has 0 radical (unpaired) electrons. The Morgan fingerprint density at radius 2 is 1.33 bits per heavy atom. The van der Waals surface area contributed by atoms with Gasteiger partial charge in [0.2, 0.25) is 0 Å². The SMILES string of the molecule is CC(=O)CCCC(=O)O.O=C(O)c1ccc(C(=O)O)c(C(=O)O)c1. The van der Waals surface area contributed by atoms with Gasteiger partial charge in [-0.15, -0.1) is 0 Å². The van der Waals surface area contributed by atoms with Gasteiger partial charge in [0.1, 0.15) is 5.78 Å². The van der Waals surface area contributed by atoms with Crippen molar-refractivity contribution in [3.05, 3.63) is 34.9 Å². The summed E-state index contributed by atoms with van der Waals surface area (Å²) in [5.41, 5.74) is -1.24. The molecule has 0 saturated carbocycles. The maximum atomic E-state index is 10.6. The Morgan fingerprint density at radius 3 is 1.71 bits per heavy atom. The molecule has 4 N–H and O–H groups in total. The molecule has 0 aromatic heterocycles. The van der Waals surface area contributed by atoms with Crippen molar-refractivity contribution >= 4 is 29.7 Å². The van der Waals surface area contributed by atoms with E-state index in [1.54, 1.807) is 0 Å². The second-order valence-electron chi connectivity index (χ2n) is 4.63. The quantitative estimate of drug-likeness (QED) is 0.576. The lowest BCUT2D eigenvalue weighted by Crippen LogP contribution is -2.10. The van der Waals surface area contributed by atoms with E-state index in [1.807, 2.05) is 0 Å². The third-order valence-electron chi connectivity index (χ3n) is 2.65. The van der Waals surface area contributed by atoms with E-state index in [-0.39, 0.29) is 17.8 Å². The lowest BCUT2D eigenvalue weighted by Gasteiger charge is -2.02. The van der Waals surface area contributed by atoms with Crippen molar-refractivity contribution in [3.63, 3.8) is 0 Å². The molecule has 0 spiro atoms. The standard InChI is InChI=1S/C9H6O6.C6H10O3/c10-7(11)4-1-2-5(8(12)13)6(3-4)9(14)15;1-5(7)3-2-4-6(8)9/h1-3H,(H,10,11)(H,12,13)(H,14,15);2-4H2,1H3,(H,8,9). The van der Waals surface area contributed by atoms with Gasteiger partial charge in [-0.1, -0.05) is 0 Å². The highest BCUT2D eigenvalue weighted by molar-refractivity contribution is 6.03. The molecule has 9 nitrogen and oxygen atoms in total. The fourth-order valence-electron chi connectivity index (χ4n) is 1.53. The molecule has 1 aromatic carbocycles. The average Bonchev–Trinajstić information content (AvgIpc) is 2.46. The van der Waals surface area contributed by atoms with Gasteiger partial charge in [-0.2, -0.15) is 0 Å². The fraction of sp³-hybridized carbons (Fsp3) is 0.267. The van der Waals surface area contributed by atoms with Crippen LogP contribution in [-0.4, -0.2) is 50.1 Å². The zero-order valence-corrected chi connectivity index (χ0v) is 12.7. The van der Waals surface area contributed by atoms with Crippen molar-refractivity contribution in [1.29, 1.82) is 0 Å². The third-order valence-corrected chi connectivity index (χ3v) is 2.65. The molecule has 1 rings (SSSR count). The van der Waals surface area contributed by atoms with Gasteiger partial charge in [0.25, 0.3) is 0 Å². The number of rotatable bonds is 7. The molecule has 0 unspecified atom stereocenters. The Hall–Kier alpha value is -3.23. The Labute approximate surface area is 136 Å².